The molecule has 0 unspecified atom stereocenters. The van der Waals surface area contributed by atoms with Crippen LogP contribution in [0.25, 0.3) is 5.69 Å². The van der Waals surface area contributed by atoms with Crippen LogP contribution < -0.4 is 15.6 Å². The smallest absolute Gasteiger partial charge is 0.275 e. The fraction of sp³-hybridized carbons (Fsp3) is 0.375. The van der Waals surface area contributed by atoms with Crippen molar-refractivity contribution in [2.75, 3.05) is 19.3 Å². The summed E-state index contributed by atoms with van der Waals surface area (Å²) in [6.07, 6.45) is 4.54. The molecule has 2 heterocycles. The van der Waals surface area contributed by atoms with Gasteiger partial charge in [-0.1, -0.05) is 0 Å². The number of hydrogen-bond donors (Lipinski definition) is 1. The molecule has 1 aliphatic heterocycles. The lowest BCUT2D eigenvalue weighted by Gasteiger charge is -2.23. The largest absolute Gasteiger partial charge is 0.488 e. The van der Waals surface area contributed by atoms with Crippen LogP contribution in [0, 0.1) is 0 Å². The number of piperidine rings is 1. The molecule has 1 aliphatic rings. The Hall–Kier alpha value is -2.19. The molecule has 0 radical (unpaired) electrons. The van der Waals surface area contributed by atoms with Crippen molar-refractivity contribution in [3.8, 4) is 11.4 Å². The van der Waals surface area contributed by atoms with Crippen molar-refractivity contribution >= 4 is 9.84 Å². The van der Waals surface area contributed by atoms with Crippen LogP contribution in [0.15, 0.2) is 46.2 Å². The van der Waals surface area contributed by atoms with Gasteiger partial charge in [-0.15, -0.1) is 0 Å². The van der Waals surface area contributed by atoms with Gasteiger partial charge in [0.1, 0.15) is 11.9 Å². The van der Waals surface area contributed by atoms with Gasteiger partial charge in [0, 0.05) is 12.3 Å². The Morgan fingerprint density at radius 1 is 1.21 bits per heavy atom. The minimum Gasteiger partial charge on any atom is -0.488 e. The zero-order valence-electron chi connectivity index (χ0n) is 13.3. The van der Waals surface area contributed by atoms with Gasteiger partial charge in [0.05, 0.1) is 16.8 Å². The molecule has 0 saturated carbocycles. The minimum absolute atomic E-state index is 0.0948. The number of nitrogens with one attached hydrogen (secondary N) is 1. The third-order valence-electron chi connectivity index (χ3n) is 3.87. The van der Waals surface area contributed by atoms with Gasteiger partial charge in [-0.3, -0.25) is 4.79 Å². The van der Waals surface area contributed by atoms with E-state index in [0.717, 1.165) is 32.2 Å². The van der Waals surface area contributed by atoms with Gasteiger partial charge in [0.2, 0.25) is 0 Å². The molecule has 0 spiro atoms. The Labute approximate surface area is 140 Å². The number of ether oxygens (including phenoxy) is 1. The van der Waals surface area contributed by atoms with Crippen LogP contribution in [0.4, 0.5) is 0 Å². The second-order valence-electron chi connectivity index (χ2n) is 5.77. The molecule has 7 nitrogen and oxygen atoms in total. The SMILES string of the molecule is CS(=O)(=O)c1ccc(-n2ncc(OC3CCNCC3)cc2=O)cc1. The highest BCUT2D eigenvalue weighted by Crippen LogP contribution is 2.15. The van der Waals surface area contributed by atoms with E-state index in [9.17, 15) is 13.2 Å². The predicted octanol–water partition coefficient (Wildman–Crippen LogP) is 0.767. The highest BCUT2D eigenvalue weighted by molar-refractivity contribution is 7.90. The lowest BCUT2D eigenvalue weighted by molar-refractivity contribution is 0.161. The van der Waals surface area contributed by atoms with Gasteiger partial charge in [-0.05, 0) is 50.2 Å². The summed E-state index contributed by atoms with van der Waals surface area (Å²) >= 11 is 0. The van der Waals surface area contributed by atoms with E-state index in [1.165, 1.54) is 29.1 Å². The zero-order chi connectivity index (χ0) is 17.2. The van der Waals surface area contributed by atoms with Crippen LogP contribution in [0.3, 0.4) is 0 Å². The monoisotopic (exact) mass is 349 g/mol. The number of benzene rings is 1. The summed E-state index contributed by atoms with van der Waals surface area (Å²) in [5, 5.41) is 7.37. The molecule has 1 aromatic heterocycles. The Kier molecular flexibility index (Phi) is 4.68. The molecule has 24 heavy (non-hydrogen) atoms. The number of nitrogens with zero attached hydrogens (tertiary/aromatic N) is 2. The first kappa shape index (κ1) is 16.7. The normalized spacial score (nSPS) is 16.0. The molecular formula is C16H19N3O4S. The van der Waals surface area contributed by atoms with Crippen LogP contribution in [0.1, 0.15) is 12.8 Å². The van der Waals surface area contributed by atoms with Crippen molar-refractivity contribution in [1.29, 1.82) is 0 Å². The van der Waals surface area contributed by atoms with Crippen LogP contribution in [-0.4, -0.2) is 43.6 Å². The molecule has 0 bridgehead atoms. The van der Waals surface area contributed by atoms with E-state index in [0.29, 0.717) is 11.4 Å². The predicted molar refractivity (Wildman–Crippen MR) is 89.5 cm³/mol. The summed E-state index contributed by atoms with van der Waals surface area (Å²) in [6.45, 7) is 1.81. The van der Waals surface area contributed by atoms with E-state index < -0.39 is 9.84 Å². The van der Waals surface area contributed by atoms with Gasteiger partial charge >= 0.3 is 0 Å². The highest BCUT2D eigenvalue weighted by atomic mass is 32.2. The molecule has 1 N–H and O–H groups in total. The summed E-state index contributed by atoms with van der Waals surface area (Å²) in [5.41, 5.74) is 0.175. The molecule has 3 rings (SSSR count). The average Bonchev–Trinajstić information content (AvgIpc) is 2.55. The van der Waals surface area contributed by atoms with E-state index in [2.05, 4.69) is 10.4 Å². The second-order valence-corrected chi connectivity index (χ2v) is 7.79. The highest BCUT2D eigenvalue weighted by Gasteiger charge is 2.15. The van der Waals surface area contributed by atoms with Crippen molar-refractivity contribution < 1.29 is 13.2 Å². The molecule has 0 amide bonds. The van der Waals surface area contributed by atoms with E-state index in [-0.39, 0.29) is 16.6 Å². The zero-order valence-corrected chi connectivity index (χ0v) is 14.1. The quantitative estimate of drug-likeness (QED) is 0.877. The number of rotatable bonds is 4. The van der Waals surface area contributed by atoms with Gasteiger partial charge in [-0.2, -0.15) is 9.78 Å². The third kappa shape index (κ3) is 3.82. The first-order valence-corrected chi connectivity index (χ1v) is 9.60. The van der Waals surface area contributed by atoms with Crippen LogP contribution in [0.2, 0.25) is 0 Å². The third-order valence-corrected chi connectivity index (χ3v) is 5.00. The Balaban J connectivity index is 1.80. The van der Waals surface area contributed by atoms with Gasteiger partial charge < -0.3 is 10.1 Å². The summed E-state index contributed by atoms with van der Waals surface area (Å²) in [7, 11) is -3.27. The molecular weight excluding hydrogens is 330 g/mol. The molecule has 1 saturated heterocycles. The fourth-order valence-corrected chi connectivity index (χ4v) is 3.22. The first-order chi connectivity index (χ1) is 11.4. The number of aromatic nitrogens is 2. The van der Waals surface area contributed by atoms with E-state index >= 15 is 0 Å². The van der Waals surface area contributed by atoms with E-state index in [4.69, 9.17) is 4.74 Å². The molecule has 0 aliphatic carbocycles. The minimum atomic E-state index is -3.27. The second kappa shape index (κ2) is 6.74. The number of hydrogen-bond acceptors (Lipinski definition) is 6. The summed E-state index contributed by atoms with van der Waals surface area (Å²) in [5.74, 6) is 0.455. The molecule has 1 fully saturated rings. The Morgan fingerprint density at radius 3 is 2.46 bits per heavy atom. The molecule has 1 aromatic carbocycles. The maximum Gasteiger partial charge on any atom is 0.275 e. The Morgan fingerprint density at radius 2 is 1.88 bits per heavy atom. The van der Waals surface area contributed by atoms with Gasteiger partial charge in [0.25, 0.3) is 5.56 Å². The van der Waals surface area contributed by atoms with Crippen LogP contribution >= 0.6 is 0 Å². The summed E-state index contributed by atoms with van der Waals surface area (Å²) in [4.78, 5) is 12.5. The molecule has 0 atom stereocenters. The maximum absolute atomic E-state index is 12.3. The molecule has 2 aromatic rings. The number of sulfone groups is 1. The lowest BCUT2D eigenvalue weighted by Crippen LogP contribution is -2.34. The maximum atomic E-state index is 12.3. The van der Waals surface area contributed by atoms with Crippen molar-refractivity contribution in [1.82, 2.24) is 15.1 Å². The van der Waals surface area contributed by atoms with Crippen molar-refractivity contribution in [3.63, 3.8) is 0 Å². The van der Waals surface area contributed by atoms with Crippen molar-refractivity contribution in [2.45, 2.75) is 23.8 Å². The summed E-state index contributed by atoms with van der Waals surface area (Å²) < 4.78 is 30.0. The van der Waals surface area contributed by atoms with Crippen molar-refractivity contribution in [2.24, 2.45) is 0 Å². The molecule has 128 valence electrons. The van der Waals surface area contributed by atoms with Gasteiger partial charge in [0.15, 0.2) is 9.84 Å². The standard InChI is InChI=1S/C16H19N3O4S/c1-24(21,22)15-4-2-12(3-5-15)19-16(20)10-14(11-18-19)23-13-6-8-17-9-7-13/h2-5,10-11,13,17H,6-9H2,1H3. The lowest BCUT2D eigenvalue weighted by atomic mass is 10.1. The average molecular weight is 349 g/mol. The Bertz CT molecular complexity index is 869. The van der Waals surface area contributed by atoms with Crippen LogP contribution in [0.5, 0.6) is 5.75 Å². The van der Waals surface area contributed by atoms with Crippen LogP contribution in [-0.2, 0) is 9.84 Å². The van der Waals surface area contributed by atoms with Gasteiger partial charge in [-0.25, -0.2) is 8.42 Å². The van der Waals surface area contributed by atoms with E-state index in [1.807, 2.05) is 0 Å². The van der Waals surface area contributed by atoms with E-state index in [1.54, 1.807) is 12.1 Å². The molecule has 8 heteroatoms. The fourth-order valence-electron chi connectivity index (χ4n) is 2.59. The van der Waals surface area contributed by atoms with Crippen molar-refractivity contribution in [3.05, 3.63) is 46.9 Å². The summed E-state index contributed by atoms with van der Waals surface area (Å²) in [6, 6.07) is 7.42. The first-order valence-electron chi connectivity index (χ1n) is 7.71. The topological polar surface area (TPSA) is 90.3 Å².